The summed E-state index contributed by atoms with van der Waals surface area (Å²) in [6.07, 6.45) is 1.60. The predicted molar refractivity (Wildman–Crippen MR) is 65.3 cm³/mol. The lowest BCUT2D eigenvalue weighted by Crippen LogP contribution is -2.09. The highest BCUT2D eigenvalue weighted by atomic mass is 32.2. The van der Waals surface area contributed by atoms with Gasteiger partial charge in [-0.1, -0.05) is 23.9 Å². The zero-order valence-electron chi connectivity index (χ0n) is 9.39. The maximum Gasteiger partial charge on any atom is 0.256 e. The van der Waals surface area contributed by atoms with E-state index in [4.69, 9.17) is 10.2 Å². The molecule has 5 heteroatoms. The third-order valence-electron chi connectivity index (χ3n) is 2.30. The maximum absolute atomic E-state index is 12.8. The van der Waals surface area contributed by atoms with Crippen molar-refractivity contribution in [2.75, 3.05) is 6.54 Å². The van der Waals surface area contributed by atoms with Gasteiger partial charge in [0.2, 0.25) is 0 Å². The van der Waals surface area contributed by atoms with Crippen LogP contribution in [0.15, 0.2) is 40.2 Å². The Balaban J connectivity index is 2.13. The summed E-state index contributed by atoms with van der Waals surface area (Å²) in [5.41, 5.74) is 7.52. The van der Waals surface area contributed by atoms with Crippen molar-refractivity contribution in [2.45, 2.75) is 17.4 Å². The summed E-state index contributed by atoms with van der Waals surface area (Å²) in [6, 6.07) is 6.32. The van der Waals surface area contributed by atoms with E-state index in [1.165, 1.54) is 23.9 Å². The number of nitrogens with two attached hydrogens (primary N) is 1. The highest BCUT2D eigenvalue weighted by molar-refractivity contribution is 7.99. The van der Waals surface area contributed by atoms with Gasteiger partial charge >= 0.3 is 0 Å². The highest BCUT2D eigenvalue weighted by Gasteiger charge is 2.14. The molecule has 1 aromatic carbocycles. The molecule has 0 spiro atoms. The second-order valence-electron chi connectivity index (χ2n) is 3.65. The van der Waals surface area contributed by atoms with E-state index in [1.807, 2.05) is 6.92 Å². The molecule has 0 saturated heterocycles. The van der Waals surface area contributed by atoms with Crippen LogP contribution in [0.4, 0.5) is 4.39 Å². The molecule has 1 aromatic heterocycles. The fourth-order valence-electron chi connectivity index (χ4n) is 1.44. The third kappa shape index (κ3) is 3.08. The number of halogens is 1. The van der Waals surface area contributed by atoms with Crippen LogP contribution in [0.1, 0.15) is 16.5 Å². The Bertz CT molecular complexity index is 484. The fraction of sp³-hybridized carbons (Fsp3) is 0.250. The number of hydrogen-bond acceptors (Lipinski definition) is 4. The zero-order chi connectivity index (χ0) is 12.3. The molecule has 1 atom stereocenters. The average molecular weight is 252 g/mol. The normalized spacial score (nSPS) is 12.6. The van der Waals surface area contributed by atoms with Crippen molar-refractivity contribution in [1.29, 1.82) is 0 Å². The van der Waals surface area contributed by atoms with Gasteiger partial charge in [-0.2, -0.15) is 0 Å². The lowest BCUT2D eigenvalue weighted by Gasteiger charge is -2.12. The van der Waals surface area contributed by atoms with Gasteiger partial charge in [0.05, 0.1) is 10.9 Å². The SMILES string of the molecule is Cc1coc(SC(CN)c2ccc(F)cc2)n1. The van der Waals surface area contributed by atoms with E-state index < -0.39 is 0 Å². The molecule has 3 nitrogen and oxygen atoms in total. The van der Waals surface area contributed by atoms with Gasteiger partial charge in [0.1, 0.15) is 12.1 Å². The molecule has 0 saturated carbocycles. The Morgan fingerprint density at radius 2 is 2.12 bits per heavy atom. The summed E-state index contributed by atoms with van der Waals surface area (Å²) in [4.78, 5) is 4.21. The summed E-state index contributed by atoms with van der Waals surface area (Å²) < 4.78 is 18.1. The zero-order valence-corrected chi connectivity index (χ0v) is 10.2. The molecule has 17 heavy (non-hydrogen) atoms. The Kier molecular flexibility index (Phi) is 3.81. The van der Waals surface area contributed by atoms with Gasteiger partial charge in [-0.25, -0.2) is 9.37 Å². The van der Waals surface area contributed by atoms with Crippen molar-refractivity contribution in [3.8, 4) is 0 Å². The first-order valence-electron chi connectivity index (χ1n) is 5.23. The summed E-state index contributed by atoms with van der Waals surface area (Å²) in [6.45, 7) is 2.31. The molecule has 90 valence electrons. The van der Waals surface area contributed by atoms with Crippen molar-refractivity contribution < 1.29 is 8.81 Å². The average Bonchev–Trinajstić information content (AvgIpc) is 2.73. The van der Waals surface area contributed by atoms with Gasteiger partial charge in [0, 0.05) is 6.54 Å². The Morgan fingerprint density at radius 1 is 1.41 bits per heavy atom. The Hall–Kier alpha value is -1.33. The molecule has 0 fully saturated rings. The molecule has 0 aliphatic carbocycles. The van der Waals surface area contributed by atoms with Crippen LogP contribution in [0.2, 0.25) is 0 Å². The Morgan fingerprint density at radius 3 is 2.65 bits per heavy atom. The lowest BCUT2D eigenvalue weighted by atomic mass is 10.1. The van der Waals surface area contributed by atoms with E-state index in [0.717, 1.165) is 11.3 Å². The van der Waals surface area contributed by atoms with E-state index in [-0.39, 0.29) is 11.1 Å². The number of rotatable bonds is 4. The molecule has 0 aliphatic heterocycles. The van der Waals surface area contributed by atoms with E-state index in [0.29, 0.717) is 11.8 Å². The van der Waals surface area contributed by atoms with Crippen LogP contribution in [-0.2, 0) is 0 Å². The molecule has 2 rings (SSSR count). The predicted octanol–water partition coefficient (Wildman–Crippen LogP) is 2.91. The van der Waals surface area contributed by atoms with Crippen molar-refractivity contribution in [1.82, 2.24) is 4.98 Å². The summed E-state index contributed by atoms with van der Waals surface area (Å²) in [5.74, 6) is -0.249. The lowest BCUT2D eigenvalue weighted by molar-refractivity contribution is 0.453. The number of benzene rings is 1. The van der Waals surface area contributed by atoms with Crippen LogP contribution >= 0.6 is 11.8 Å². The van der Waals surface area contributed by atoms with Gasteiger partial charge in [-0.05, 0) is 24.6 Å². The minimum absolute atomic E-state index is 0.0219. The van der Waals surface area contributed by atoms with E-state index in [1.54, 1.807) is 18.4 Å². The van der Waals surface area contributed by atoms with Crippen LogP contribution < -0.4 is 5.73 Å². The molecule has 2 aromatic rings. The summed E-state index contributed by atoms with van der Waals surface area (Å²) in [7, 11) is 0. The number of oxazole rings is 1. The van der Waals surface area contributed by atoms with Crippen molar-refractivity contribution in [3.63, 3.8) is 0 Å². The second-order valence-corrected chi connectivity index (χ2v) is 4.80. The standard InChI is InChI=1S/C12H13FN2OS/c1-8-7-16-12(15-8)17-11(6-14)9-2-4-10(13)5-3-9/h2-5,7,11H,6,14H2,1H3. The maximum atomic E-state index is 12.8. The first kappa shape index (κ1) is 12.1. The summed E-state index contributed by atoms with van der Waals surface area (Å²) >= 11 is 1.44. The highest BCUT2D eigenvalue weighted by Crippen LogP contribution is 2.33. The van der Waals surface area contributed by atoms with Gasteiger partial charge in [0.15, 0.2) is 0 Å². The first-order valence-corrected chi connectivity index (χ1v) is 6.11. The van der Waals surface area contributed by atoms with Gasteiger partial charge < -0.3 is 10.2 Å². The molecule has 2 N–H and O–H groups in total. The van der Waals surface area contributed by atoms with Crippen LogP contribution in [-0.4, -0.2) is 11.5 Å². The fourth-order valence-corrected chi connectivity index (χ4v) is 2.37. The van der Waals surface area contributed by atoms with Gasteiger partial charge in [-0.3, -0.25) is 0 Å². The smallest absolute Gasteiger partial charge is 0.256 e. The molecule has 1 heterocycles. The largest absolute Gasteiger partial charge is 0.440 e. The van der Waals surface area contributed by atoms with E-state index in [2.05, 4.69) is 4.98 Å². The van der Waals surface area contributed by atoms with Crippen LogP contribution in [0.3, 0.4) is 0 Å². The van der Waals surface area contributed by atoms with Crippen molar-refractivity contribution in [3.05, 3.63) is 47.6 Å². The molecule has 0 bridgehead atoms. The van der Waals surface area contributed by atoms with Crippen LogP contribution in [0.25, 0.3) is 0 Å². The minimum atomic E-state index is -0.249. The Labute approximate surface area is 103 Å². The van der Waals surface area contributed by atoms with Gasteiger partial charge in [-0.15, -0.1) is 0 Å². The summed E-state index contributed by atoms with van der Waals surface area (Å²) in [5, 5.41) is 0.607. The molecular formula is C12H13FN2OS. The number of nitrogens with zero attached hydrogens (tertiary/aromatic N) is 1. The van der Waals surface area contributed by atoms with E-state index >= 15 is 0 Å². The molecule has 0 amide bonds. The number of aromatic nitrogens is 1. The quantitative estimate of drug-likeness (QED) is 0.850. The molecule has 0 aliphatic rings. The van der Waals surface area contributed by atoms with Crippen LogP contribution in [0.5, 0.6) is 0 Å². The number of hydrogen-bond donors (Lipinski definition) is 1. The first-order chi connectivity index (χ1) is 8.19. The second kappa shape index (κ2) is 5.33. The minimum Gasteiger partial charge on any atom is -0.440 e. The number of thioether (sulfide) groups is 1. The third-order valence-corrected chi connectivity index (χ3v) is 3.44. The monoisotopic (exact) mass is 252 g/mol. The molecule has 0 radical (unpaired) electrons. The topological polar surface area (TPSA) is 52.0 Å². The number of aryl methyl sites for hydroxylation is 1. The van der Waals surface area contributed by atoms with Gasteiger partial charge in [0.25, 0.3) is 5.22 Å². The molecule has 1 unspecified atom stereocenters. The van der Waals surface area contributed by atoms with E-state index in [9.17, 15) is 4.39 Å². The van der Waals surface area contributed by atoms with Crippen LogP contribution in [0, 0.1) is 12.7 Å². The molecular weight excluding hydrogens is 239 g/mol. The van der Waals surface area contributed by atoms with Crippen molar-refractivity contribution >= 4 is 11.8 Å². The van der Waals surface area contributed by atoms with Crippen molar-refractivity contribution in [2.24, 2.45) is 5.73 Å².